The molecule has 0 saturated heterocycles. The fourth-order valence-corrected chi connectivity index (χ4v) is 3.08. The van der Waals surface area contributed by atoms with Gasteiger partial charge in [0, 0.05) is 4.88 Å². The molecule has 1 aromatic rings. The van der Waals surface area contributed by atoms with Gasteiger partial charge in [0.25, 0.3) is 9.84 Å². The minimum absolute atomic E-state index is 0.145. The van der Waals surface area contributed by atoms with Crippen molar-refractivity contribution < 1.29 is 27.1 Å². The maximum atomic E-state index is 12.2. The zero-order valence-corrected chi connectivity index (χ0v) is 9.61. The van der Waals surface area contributed by atoms with E-state index in [1.54, 1.807) is 0 Å². The third kappa shape index (κ3) is 2.53. The molecule has 0 bridgehead atoms. The number of hydrogen-bond donors (Lipinski definition) is 1. The minimum Gasteiger partial charge on any atom is -0.481 e. The van der Waals surface area contributed by atoms with Gasteiger partial charge in [0.05, 0.1) is 12.1 Å². The number of halogens is 2. The van der Waals surface area contributed by atoms with Gasteiger partial charge in [-0.15, -0.1) is 11.3 Å². The Kier molecular flexibility index (Phi) is 3.58. The summed E-state index contributed by atoms with van der Waals surface area (Å²) in [6, 6.07) is 0. The maximum absolute atomic E-state index is 12.2. The molecule has 0 aliphatic heterocycles. The van der Waals surface area contributed by atoms with Gasteiger partial charge in [0.15, 0.2) is 0 Å². The molecular weight excluding hydrogens is 264 g/mol. The van der Waals surface area contributed by atoms with Crippen LogP contribution in [0.5, 0.6) is 0 Å². The lowest BCUT2D eigenvalue weighted by Crippen LogP contribution is -2.10. The van der Waals surface area contributed by atoms with Gasteiger partial charge in [-0.05, 0) is 6.92 Å². The van der Waals surface area contributed by atoms with Crippen LogP contribution in [0.4, 0.5) is 8.78 Å². The van der Waals surface area contributed by atoms with Crippen LogP contribution in [0.2, 0.25) is 0 Å². The van der Waals surface area contributed by atoms with E-state index in [0.717, 1.165) is 0 Å². The van der Waals surface area contributed by atoms with Crippen molar-refractivity contribution in [3.8, 4) is 0 Å². The Morgan fingerprint density at radius 1 is 1.56 bits per heavy atom. The molecule has 1 heterocycles. The number of rotatable bonds is 4. The lowest BCUT2D eigenvalue weighted by atomic mass is 10.3. The van der Waals surface area contributed by atoms with Gasteiger partial charge in [-0.1, -0.05) is 0 Å². The van der Waals surface area contributed by atoms with Gasteiger partial charge >= 0.3 is 11.7 Å². The topological polar surface area (TPSA) is 84.3 Å². The summed E-state index contributed by atoms with van der Waals surface area (Å²) < 4.78 is 45.7. The SMILES string of the molecule is Cc1nc(S(=O)(=O)C(F)F)sc1CC(=O)O. The van der Waals surface area contributed by atoms with Gasteiger partial charge in [-0.3, -0.25) is 4.79 Å². The summed E-state index contributed by atoms with van der Waals surface area (Å²) in [7, 11) is -4.73. The lowest BCUT2D eigenvalue weighted by molar-refractivity contribution is -0.136. The van der Waals surface area contributed by atoms with Crippen LogP contribution in [-0.4, -0.2) is 30.2 Å². The Hall–Kier alpha value is -1.09. The van der Waals surface area contributed by atoms with E-state index in [0.29, 0.717) is 11.3 Å². The lowest BCUT2D eigenvalue weighted by Gasteiger charge is -1.95. The number of aliphatic carboxylic acids is 1. The summed E-state index contributed by atoms with van der Waals surface area (Å²) >= 11 is 0.463. The third-order valence-corrected chi connectivity index (χ3v) is 4.61. The highest BCUT2D eigenvalue weighted by Gasteiger charge is 2.31. The quantitative estimate of drug-likeness (QED) is 0.885. The van der Waals surface area contributed by atoms with Crippen LogP contribution in [-0.2, 0) is 21.1 Å². The van der Waals surface area contributed by atoms with Crippen molar-refractivity contribution in [2.75, 3.05) is 0 Å². The first-order valence-electron chi connectivity index (χ1n) is 3.95. The molecule has 0 amide bonds. The molecule has 0 fully saturated rings. The number of carbonyl (C=O) groups is 1. The number of alkyl halides is 2. The van der Waals surface area contributed by atoms with Crippen molar-refractivity contribution in [3.05, 3.63) is 10.6 Å². The predicted octanol–water partition coefficient (Wildman–Crippen LogP) is 1.07. The fraction of sp³-hybridized carbons (Fsp3) is 0.429. The van der Waals surface area contributed by atoms with Crippen LogP contribution in [0.3, 0.4) is 0 Å². The van der Waals surface area contributed by atoms with Crippen molar-refractivity contribution in [2.45, 2.75) is 23.4 Å². The van der Waals surface area contributed by atoms with E-state index in [1.165, 1.54) is 6.92 Å². The van der Waals surface area contributed by atoms with Gasteiger partial charge in [0.2, 0.25) is 4.34 Å². The number of carboxylic acids is 1. The molecule has 0 spiro atoms. The van der Waals surface area contributed by atoms with E-state index in [1.807, 2.05) is 0 Å². The Labute approximate surface area is 93.7 Å². The number of nitrogens with zero attached hydrogens (tertiary/aromatic N) is 1. The molecule has 1 N–H and O–H groups in total. The second kappa shape index (κ2) is 4.42. The molecule has 0 saturated carbocycles. The summed E-state index contributed by atoms with van der Waals surface area (Å²) in [5.74, 6) is -4.72. The molecule has 1 aromatic heterocycles. The van der Waals surface area contributed by atoms with Crippen molar-refractivity contribution in [2.24, 2.45) is 0 Å². The van der Waals surface area contributed by atoms with Crippen molar-refractivity contribution in [3.63, 3.8) is 0 Å². The summed E-state index contributed by atoms with van der Waals surface area (Å²) in [6.07, 6.45) is -0.428. The molecule has 0 radical (unpaired) electrons. The highest BCUT2D eigenvalue weighted by Crippen LogP contribution is 2.26. The summed E-state index contributed by atoms with van der Waals surface area (Å²) in [5, 5.41) is 8.49. The third-order valence-electron chi connectivity index (χ3n) is 1.66. The molecule has 0 aliphatic carbocycles. The zero-order valence-electron chi connectivity index (χ0n) is 7.98. The second-order valence-electron chi connectivity index (χ2n) is 2.86. The standard InChI is InChI=1S/C7H7F2NO4S2/c1-3-4(2-5(11)12)15-7(10-3)16(13,14)6(8)9/h6H,2H2,1H3,(H,11,12). The van der Waals surface area contributed by atoms with Crippen LogP contribution in [0.25, 0.3) is 0 Å². The number of carboxylic acid groups (broad SMARTS) is 1. The number of aromatic nitrogens is 1. The van der Waals surface area contributed by atoms with Gasteiger partial charge < -0.3 is 5.11 Å². The smallest absolute Gasteiger partial charge is 0.343 e. The summed E-state index contributed by atoms with van der Waals surface area (Å²) in [5.41, 5.74) is 0.145. The molecule has 0 atom stereocenters. The number of sulfone groups is 1. The molecule has 0 aromatic carbocycles. The molecular formula is C7H7F2NO4S2. The van der Waals surface area contributed by atoms with Gasteiger partial charge in [-0.2, -0.15) is 8.78 Å². The first-order valence-corrected chi connectivity index (χ1v) is 6.31. The summed E-state index contributed by atoms with van der Waals surface area (Å²) in [4.78, 5) is 14.0. The second-order valence-corrected chi connectivity index (χ2v) is 6.04. The van der Waals surface area contributed by atoms with E-state index < -0.39 is 32.3 Å². The minimum atomic E-state index is -4.73. The highest BCUT2D eigenvalue weighted by molar-refractivity contribution is 7.93. The van der Waals surface area contributed by atoms with E-state index >= 15 is 0 Å². The molecule has 0 unspecified atom stereocenters. The predicted molar refractivity (Wildman–Crippen MR) is 51.4 cm³/mol. The Morgan fingerprint density at radius 2 is 2.12 bits per heavy atom. The van der Waals surface area contributed by atoms with Crippen molar-refractivity contribution >= 4 is 27.1 Å². The Morgan fingerprint density at radius 3 is 2.56 bits per heavy atom. The van der Waals surface area contributed by atoms with Crippen LogP contribution in [0.1, 0.15) is 10.6 Å². The normalized spacial score (nSPS) is 12.0. The monoisotopic (exact) mass is 271 g/mol. The largest absolute Gasteiger partial charge is 0.481 e. The molecule has 0 aliphatic rings. The maximum Gasteiger partial charge on any atom is 0.343 e. The molecule has 5 nitrogen and oxygen atoms in total. The number of thiazole rings is 1. The van der Waals surface area contributed by atoms with Crippen LogP contribution in [0.15, 0.2) is 4.34 Å². The van der Waals surface area contributed by atoms with Crippen LogP contribution < -0.4 is 0 Å². The van der Waals surface area contributed by atoms with E-state index in [2.05, 4.69) is 4.98 Å². The highest BCUT2D eigenvalue weighted by atomic mass is 32.2. The molecule has 1 rings (SSSR count). The Balaban J connectivity index is 3.16. The first-order chi connectivity index (χ1) is 7.25. The van der Waals surface area contributed by atoms with Crippen LogP contribution >= 0.6 is 11.3 Å². The van der Waals surface area contributed by atoms with Crippen LogP contribution in [0, 0.1) is 6.92 Å². The van der Waals surface area contributed by atoms with Crippen molar-refractivity contribution in [1.29, 1.82) is 0 Å². The van der Waals surface area contributed by atoms with E-state index in [4.69, 9.17) is 5.11 Å². The summed E-state index contributed by atoms with van der Waals surface area (Å²) in [6.45, 7) is 1.37. The first kappa shape index (κ1) is 13.0. The zero-order chi connectivity index (χ0) is 12.5. The molecule has 90 valence electrons. The van der Waals surface area contributed by atoms with E-state index in [-0.39, 0.29) is 10.6 Å². The average molecular weight is 271 g/mol. The van der Waals surface area contributed by atoms with Gasteiger partial charge in [0.1, 0.15) is 0 Å². The number of hydrogen-bond acceptors (Lipinski definition) is 5. The Bertz CT molecular complexity index is 508. The molecule has 16 heavy (non-hydrogen) atoms. The average Bonchev–Trinajstić information content (AvgIpc) is 2.47. The van der Waals surface area contributed by atoms with Gasteiger partial charge in [-0.25, -0.2) is 13.4 Å². The van der Waals surface area contributed by atoms with Crippen molar-refractivity contribution in [1.82, 2.24) is 4.98 Å². The fourth-order valence-electron chi connectivity index (χ4n) is 0.901. The van der Waals surface area contributed by atoms with E-state index in [9.17, 15) is 22.0 Å². The number of aryl methyl sites for hydroxylation is 1. The molecule has 9 heteroatoms.